The van der Waals surface area contributed by atoms with Crippen molar-refractivity contribution in [1.82, 2.24) is 4.57 Å². The minimum atomic E-state index is -0.865. The summed E-state index contributed by atoms with van der Waals surface area (Å²) in [5.41, 5.74) is 4.08. The Morgan fingerprint density at radius 3 is 2.54 bits per heavy atom. The van der Waals surface area contributed by atoms with Gasteiger partial charge in [0.1, 0.15) is 12.3 Å². The summed E-state index contributed by atoms with van der Waals surface area (Å²) in [5, 5.41) is 11.0. The van der Waals surface area contributed by atoms with E-state index < -0.39 is 5.97 Å². The molecule has 3 rings (SSSR count). The zero-order valence-electron chi connectivity index (χ0n) is 13.5. The smallest absolute Gasteiger partial charge is 0.323 e. The van der Waals surface area contributed by atoms with Gasteiger partial charge in [-0.15, -0.1) is 0 Å². The molecule has 124 valence electrons. The second-order valence-corrected chi connectivity index (χ2v) is 6.17. The fraction of sp³-hybridized carbons (Fsp3) is 0.211. The third-order valence-electron chi connectivity index (χ3n) is 4.25. The SMILES string of the molecule is COc1ccc2c(Cc3ccc(Cl)cc3)c(C)n(CC(=O)O)c2c1. The van der Waals surface area contributed by atoms with E-state index in [2.05, 4.69) is 0 Å². The van der Waals surface area contributed by atoms with Crippen LogP contribution in [0, 0.1) is 6.92 Å². The summed E-state index contributed by atoms with van der Waals surface area (Å²) in [6.45, 7) is 1.89. The molecule has 0 unspecified atom stereocenters. The topological polar surface area (TPSA) is 51.5 Å². The zero-order chi connectivity index (χ0) is 17.3. The highest BCUT2D eigenvalue weighted by Crippen LogP contribution is 2.31. The van der Waals surface area contributed by atoms with Crippen molar-refractivity contribution in [2.24, 2.45) is 0 Å². The Labute approximate surface area is 145 Å². The molecule has 2 aromatic carbocycles. The molecule has 5 heteroatoms. The van der Waals surface area contributed by atoms with Crippen molar-refractivity contribution in [2.75, 3.05) is 7.11 Å². The van der Waals surface area contributed by atoms with E-state index in [1.807, 2.05) is 54.0 Å². The van der Waals surface area contributed by atoms with Crippen LogP contribution >= 0.6 is 11.6 Å². The van der Waals surface area contributed by atoms with Crippen LogP contribution in [0.2, 0.25) is 5.02 Å². The van der Waals surface area contributed by atoms with Crippen LogP contribution in [0.3, 0.4) is 0 Å². The molecule has 0 aliphatic rings. The number of carboxylic acids is 1. The van der Waals surface area contributed by atoms with E-state index in [1.54, 1.807) is 7.11 Å². The minimum absolute atomic E-state index is 0.0733. The van der Waals surface area contributed by atoms with Crippen molar-refractivity contribution in [1.29, 1.82) is 0 Å². The number of nitrogens with zero attached hydrogens (tertiary/aromatic N) is 1. The second-order valence-electron chi connectivity index (χ2n) is 5.73. The van der Waals surface area contributed by atoms with Crippen LogP contribution in [0.4, 0.5) is 0 Å². The highest BCUT2D eigenvalue weighted by molar-refractivity contribution is 6.30. The van der Waals surface area contributed by atoms with Gasteiger partial charge in [-0.1, -0.05) is 23.7 Å². The standard InChI is InChI=1S/C19H18ClNO3/c1-12-17(9-13-3-5-14(20)6-4-13)16-8-7-15(24-2)10-18(16)21(12)11-19(22)23/h3-8,10H,9,11H2,1-2H3,(H,22,23). The number of hydrogen-bond acceptors (Lipinski definition) is 2. The average molecular weight is 344 g/mol. The van der Waals surface area contributed by atoms with Gasteiger partial charge in [0.05, 0.1) is 12.6 Å². The number of rotatable bonds is 5. The molecule has 0 saturated heterocycles. The van der Waals surface area contributed by atoms with Gasteiger partial charge in [0.2, 0.25) is 0 Å². The third-order valence-corrected chi connectivity index (χ3v) is 4.50. The molecule has 0 aliphatic heterocycles. The van der Waals surface area contributed by atoms with Gasteiger partial charge in [-0.2, -0.15) is 0 Å². The molecular formula is C19H18ClNO3. The van der Waals surface area contributed by atoms with Crippen molar-refractivity contribution >= 4 is 28.5 Å². The van der Waals surface area contributed by atoms with Crippen LogP contribution < -0.4 is 4.74 Å². The first-order valence-corrected chi connectivity index (χ1v) is 7.99. The van der Waals surface area contributed by atoms with Gasteiger partial charge in [0.25, 0.3) is 0 Å². The molecule has 0 fully saturated rings. The number of halogens is 1. The molecule has 3 aromatic rings. The van der Waals surface area contributed by atoms with E-state index in [9.17, 15) is 9.90 Å². The molecule has 0 atom stereocenters. The van der Waals surface area contributed by atoms with E-state index in [0.717, 1.165) is 34.1 Å². The molecule has 0 aliphatic carbocycles. The monoisotopic (exact) mass is 343 g/mol. The largest absolute Gasteiger partial charge is 0.497 e. The Bertz CT molecular complexity index is 897. The molecular weight excluding hydrogens is 326 g/mol. The Kier molecular flexibility index (Phi) is 4.49. The molecule has 0 bridgehead atoms. The van der Waals surface area contributed by atoms with Crippen LogP contribution in [0.5, 0.6) is 5.75 Å². The Hall–Kier alpha value is -2.46. The molecule has 0 radical (unpaired) electrons. The Morgan fingerprint density at radius 2 is 1.92 bits per heavy atom. The van der Waals surface area contributed by atoms with Gasteiger partial charge in [0, 0.05) is 22.2 Å². The first-order valence-electron chi connectivity index (χ1n) is 7.61. The maximum Gasteiger partial charge on any atom is 0.323 e. The van der Waals surface area contributed by atoms with Crippen LogP contribution in [0.1, 0.15) is 16.8 Å². The summed E-state index contributed by atoms with van der Waals surface area (Å²) in [6.07, 6.45) is 0.721. The van der Waals surface area contributed by atoms with Crippen molar-refractivity contribution in [2.45, 2.75) is 19.9 Å². The maximum atomic E-state index is 11.3. The summed E-state index contributed by atoms with van der Waals surface area (Å²) in [7, 11) is 1.60. The van der Waals surface area contributed by atoms with Gasteiger partial charge in [-0.05, 0) is 48.7 Å². The molecule has 0 spiro atoms. The van der Waals surface area contributed by atoms with Crippen LogP contribution in [0.15, 0.2) is 42.5 Å². The molecule has 1 heterocycles. The normalized spacial score (nSPS) is 11.0. The van der Waals surface area contributed by atoms with E-state index >= 15 is 0 Å². The van der Waals surface area contributed by atoms with Gasteiger partial charge < -0.3 is 14.4 Å². The number of methoxy groups -OCH3 is 1. The summed E-state index contributed by atoms with van der Waals surface area (Å²) < 4.78 is 7.11. The first kappa shape index (κ1) is 16.4. The van der Waals surface area contributed by atoms with Crippen molar-refractivity contribution < 1.29 is 14.6 Å². The van der Waals surface area contributed by atoms with Crippen molar-refractivity contribution in [3.63, 3.8) is 0 Å². The van der Waals surface area contributed by atoms with Crippen molar-refractivity contribution in [3.8, 4) is 5.75 Å². The molecule has 4 nitrogen and oxygen atoms in total. The zero-order valence-corrected chi connectivity index (χ0v) is 14.3. The lowest BCUT2D eigenvalue weighted by Crippen LogP contribution is -2.10. The fourth-order valence-electron chi connectivity index (χ4n) is 3.02. The number of hydrogen-bond donors (Lipinski definition) is 1. The summed E-state index contributed by atoms with van der Waals surface area (Å²) in [5.74, 6) is -0.152. The fourth-order valence-corrected chi connectivity index (χ4v) is 3.15. The Morgan fingerprint density at radius 1 is 1.21 bits per heavy atom. The maximum absolute atomic E-state index is 11.3. The molecule has 1 aromatic heterocycles. The summed E-state index contributed by atoms with van der Waals surface area (Å²) >= 11 is 5.95. The first-order chi connectivity index (χ1) is 11.5. The van der Waals surface area contributed by atoms with Crippen LogP contribution in [-0.2, 0) is 17.8 Å². The number of ether oxygens (including phenoxy) is 1. The molecule has 24 heavy (non-hydrogen) atoms. The average Bonchev–Trinajstić information content (AvgIpc) is 2.81. The van der Waals surface area contributed by atoms with E-state index in [-0.39, 0.29) is 6.54 Å². The van der Waals surface area contributed by atoms with E-state index in [0.29, 0.717) is 10.8 Å². The van der Waals surface area contributed by atoms with Crippen LogP contribution in [0.25, 0.3) is 10.9 Å². The predicted octanol–water partition coefficient (Wildman–Crippen LogP) is 4.29. The number of benzene rings is 2. The molecule has 0 saturated carbocycles. The lowest BCUT2D eigenvalue weighted by atomic mass is 10.0. The summed E-state index contributed by atoms with van der Waals surface area (Å²) in [6, 6.07) is 13.5. The van der Waals surface area contributed by atoms with E-state index in [1.165, 1.54) is 0 Å². The third kappa shape index (κ3) is 3.10. The quantitative estimate of drug-likeness (QED) is 0.752. The van der Waals surface area contributed by atoms with Gasteiger partial charge in [-0.25, -0.2) is 0 Å². The van der Waals surface area contributed by atoms with Crippen LogP contribution in [-0.4, -0.2) is 22.8 Å². The lowest BCUT2D eigenvalue weighted by molar-refractivity contribution is -0.137. The van der Waals surface area contributed by atoms with Gasteiger partial charge in [0.15, 0.2) is 0 Å². The second kappa shape index (κ2) is 6.57. The number of aromatic nitrogens is 1. The predicted molar refractivity (Wildman–Crippen MR) is 95.1 cm³/mol. The number of carbonyl (C=O) groups is 1. The van der Waals surface area contributed by atoms with Crippen molar-refractivity contribution in [3.05, 3.63) is 64.3 Å². The number of aliphatic carboxylic acids is 1. The summed E-state index contributed by atoms with van der Waals surface area (Å²) in [4.78, 5) is 11.3. The minimum Gasteiger partial charge on any atom is -0.497 e. The number of fused-ring (bicyclic) bond motifs is 1. The highest BCUT2D eigenvalue weighted by atomic mass is 35.5. The van der Waals surface area contributed by atoms with Gasteiger partial charge in [-0.3, -0.25) is 4.79 Å². The van der Waals surface area contributed by atoms with Gasteiger partial charge >= 0.3 is 5.97 Å². The highest BCUT2D eigenvalue weighted by Gasteiger charge is 2.16. The molecule has 0 amide bonds. The molecule has 1 N–H and O–H groups in total. The lowest BCUT2D eigenvalue weighted by Gasteiger charge is -2.06. The van der Waals surface area contributed by atoms with E-state index in [4.69, 9.17) is 16.3 Å². The Balaban J connectivity index is 2.14. The number of carboxylic acid groups (broad SMARTS) is 1.